The molecule has 6 nitrogen and oxygen atoms in total. The summed E-state index contributed by atoms with van der Waals surface area (Å²) in [5.74, 6) is 1.25. The van der Waals surface area contributed by atoms with E-state index in [0.717, 1.165) is 32.8 Å². The Morgan fingerprint density at radius 1 is 1.30 bits per heavy atom. The minimum absolute atomic E-state index is 0.453. The van der Waals surface area contributed by atoms with E-state index in [1.807, 2.05) is 13.8 Å². The normalized spacial score (nSPS) is 23.6. The maximum Gasteiger partial charge on any atom is 0.240 e. The summed E-state index contributed by atoms with van der Waals surface area (Å²) < 4.78 is 10.8. The maximum atomic E-state index is 5.98. The molecule has 0 radical (unpaired) electrons. The number of hydrogen-bond donors (Lipinski definition) is 1. The minimum atomic E-state index is -0.547. The van der Waals surface area contributed by atoms with Gasteiger partial charge in [-0.3, -0.25) is 4.90 Å². The number of nitrogens with zero attached hydrogens (tertiary/aromatic N) is 3. The van der Waals surface area contributed by atoms with Crippen LogP contribution in [0, 0.1) is 5.41 Å². The third-order valence-corrected chi connectivity index (χ3v) is 4.47. The molecule has 0 aliphatic carbocycles. The molecule has 1 aromatic heterocycles. The molecule has 2 aliphatic rings. The Morgan fingerprint density at radius 2 is 2.05 bits per heavy atom. The van der Waals surface area contributed by atoms with Crippen molar-refractivity contribution in [2.45, 2.75) is 45.2 Å². The third-order valence-electron chi connectivity index (χ3n) is 4.47. The van der Waals surface area contributed by atoms with Crippen molar-refractivity contribution in [2.24, 2.45) is 11.1 Å². The van der Waals surface area contributed by atoms with Gasteiger partial charge in [0, 0.05) is 19.8 Å². The van der Waals surface area contributed by atoms with E-state index in [9.17, 15) is 0 Å². The molecule has 3 rings (SSSR count). The van der Waals surface area contributed by atoms with Gasteiger partial charge in [-0.15, -0.1) is 0 Å². The van der Waals surface area contributed by atoms with Crippen molar-refractivity contribution in [3.8, 4) is 0 Å². The number of aromatic nitrogens is 2. The first-order valence-electron chi connectivity index (χ1n) is 7.39. The van der Waals surface area contributed by atoms with Crippen LogP contribution in [0.5, 0.6) is 0 Å². The summed E-state index contributed by atoms with van der Waals surface area (Å²) >= 11 is 0. The third kappa shape index (κ3) is 2.87. The lowest BCUT2D eigenvalue weighted by Crippen LogP contribution is -2.33. The van der Waals surface area contributed by atoms with Gasteiger partial charge in [0.2, 0.25) is 5.89 Å². The van der Waals surface area contributed by atoms with Crippen molar-refractivity contribution in [3.63, 3.8) is 0 Å². The molecule has 1 spiro atoms. The zero-order chi connectivity index (χ0) is 14.2. The van der Waals surface area contributed by atoms with Gasteiger partial charge < -0.3 is 15.0 Å². The second-order valence-corrected chi connectivity index (χ2v) is 6.81. The van der Waals surface area contributed by atoms with Crippen molar-refractivity contribution in [2.75, 3.05) is 26.3 Å². The van der Waals surface area contributed by atoms with Crippen LogP contribution in [0.15, 0.2) is 4.52 Å². The highest BCUT2D eigenvalue weighted by Crippen LogP contribution is 2.40. The van der Waals surface area contributed by atoms with Crippen LogP contribution in [-0.2, 0) is 16.8 Å². The van der Waals surface area contributed by atoms with Gasteiger partial charge in [-0.1, -0.05) is 5.16 Å². The zero-order valence-corrected chi connectivity index (χ0v) is 12.4. The minimum Gasteiger partial charge on any atom is -0.381 e. The van der Waals surface area contributed by atoms with Crippen LogP contribution in [0.4, 0.5) is 0 Å². The molecule has 2 N–H and O–H groups in total. The van der Waals surface area contributed by atoms with Crippen LogP contribution >= 0.6 is 0 Å². The molecule has 0 amide bonds. The van der Waals surface area contributed by atoms with E-state index < -0.39 is 5.54 Å². The van der Waals surface area contributed by atoms with Crippen LogP contribution in [0.3, 0.4) is 0 Å². The average Bonchev–Trinajstić information content (AvgIpc) is 2.99. The van der Waals surface area contributed by atoms with Crippen molar-refractivity contribution >= 4 is 0 Å². The Hall–Kier alpha value is -0.980. The summed E-state index contributed by atoms with van der Waals surface area (Å²) in [7, 11) is 0. The molecule has 2 fully saturated rings. The summed E-state index contributed by atoms with van der Waals surface area (Å²) in [6, 6.07) is 0. The second kappa shape index (κ2) is 5.09. The molecule has 6 heteroatoms. The Labute approximate surface area is 119 Å². The Balaban J connectivity index is 1.60. The molecule has 0 bridgehead atoms. The second-order valence-electron chi connectivity index (χ2n) is 6.81. The SMILES string of the molecule is CC(C)(N)c1noc(CN2CCC3(CCOCC3)C2)n1. The fourth-order valence-electron chi connectivity index (χ4n) is 3.15. The first kappa shape index (κ1) is 14.0. The summed E-state index contributed by atoms with van der Waals surface area (Å²) in [4.78, 5) is 6.82. The van der Waals surface area contributed by atoms with Gasteiger partial charge in [0.05, 0.1) is 12.1 Å². The van der Waals surface area contributed by atoms with Gasteiger partial charge in [-0.2, -0.15) is 4.98 Å². The number of rotatable bonds is 3. The highest BCUT2D eigenvalue weighted by atomic mass is 16.5. The first-order valence-corrected chi connectivity index (χ1v) is 7.39. The number of ether oxygens (including phenoxy) is 1. The van der Waals surface area contributed by atoms with Crippen LogP contribution < -0.4 is 5.73 Å². The highest BCUT2D eigenvalue weighted by molar-refractivity contribution is 5.00. The number of likely N-dealkylation sites (tertiary alicyclic amines) is 1. The van der Waals surface area contributed by atoms with E-state index in [0.29, 0.717) is 17.1 Å². The van der Waals surface area contributed by atoms with E-state index >= 15 is 0 Å². The van der Waals surface area contributed by atoms with Gasteiger partial charge in [-0.25, -0.2) is 0 Å². The lowest BCUT2D eigenvalue weighted by Gasteiger charge is -2.33. The van der Waals surface area contributed by atoms with Gasteiger partial charge in [0.1, 0.15) is 0 Å². The number of nitrogens with two attached hydrogens (primary N) is 1. The summed E-state index contributed by atoms with van der Waals surface area (Å²) in [5, 5.41) is 3.98. The largest absolute Gasteiger partial charge is 0.381 e. The van der Waals surface area contributed by atoms with Gasteiger partial charge in [-0.05, 0) is 45.1 Å². The molecule has 0 atom stereocenters. The predicted molar refractivity (Wildman–Crippen MR) is 73.9 cm³/mol. The summed E-state index contributed by atoms with van der Waals surface area (Å²) in [6.45, 7) is 8.51. The first-order chi connectivity index (χ1) is 9.47. The quantitative estimate of drug-likeness (QED) is 0.898. The van der Waals surface area contributed by atoms with Crippen molar-refractivity contribution in [3.05, 3.63) is 11.7 Å². The predicted octanol–water partition coefficient (Wildman–Crippen LogP) is 1.27. The van der Waals surface area contributed by atoms with Gasteiger partial charge >= 0.3 is 0 Å². The van der Waals surface area contributed by atoms with E-state index in [4.69, 9.17) is 15.0 Å². The van der Waals surface area contributed by atoms with E-state index in [-0.39, 0.29) is 0 Å². The molecule has 0 unspecified atom stereocenters. The van der Waals surface area contributed by atoms with E-state index in [2.05, 4.69) is 15.0 Å². The van der Waals surface area contributed by atoms with Gasteiger partial charge in [0.15, 0.2) is 5.82 Å². The molecular weight excluding hydrogens is 256 g/mol. The molecule has 0 saturated carbocycles. The Morgan fingerprint density at radius 3 is 2.70 bits per heavy atom. The Bertz CT molecular complexity index is 460. The van der Waals surface area contributed by atoms with Crippen LogP contribution in [0.25, 0.3) is 0 Å². The lowest BCUT2D eigenvalue weighted by molar-refractivity contribution is 0.0186. The fourth-order valence-corrected chi connectivity index (χ4v) is 3.15. The van der Waals surface area contributed by atoms with Crippen LogP contribution in [-0.4, -0.2) is 41.3 Å². The monoisotopic (exact) mass is 280 g/mol. The fraction of sp³-hybridized carbons (Fsp3) is 0.857. The van der Waals surface area contributed by atoms with Crippen LogP contribution in [0.1, 0.15) is 44.8 Å². The zero-order valence-electron chi connectivity index (χ0n) is 12.4. The van der Waals surface area contributed by atoms with Crippen molar-refractivity contribution in [1.29, 1.82) is 0 Å². The standard InChI is InChI=1S/C14H24N4O2/c1-13(2,15)12-16-11(20-17-12)9-18-6-3-14(10-18)4-7-19-8-5-14/h3-10,15H2,1-2H3. The molecule has 20 heavy (non-hydrogen) atoms. The van der Waals surface area contributed by atoms with Gasteiger partial charge in [0.25, 0.3) is 0 Å². The highest BCUT2D eigenvalue weighted by Gasteiger charge is 2.39. The van der Waals surface area contributed by atoms with Crippen molar-refractivity contribution < 1.29 is 9.26 Å². The molecular formula is C14H24N4O2. The summed E-state index contributed by atoms with van der Waals surface area (Å²) in [6.07, 6.45) is 3.60. The van der Waals surface area contributed by atoms with Crippen LogP contribution in [0.2, 0.25) is 0 Å². The van der Waals surface area contributed by atoms with E-state index in [1.54, 1.807) is 0 Å². The maximum absolute atomic E-state index is 5.98. The summed E-state index contributed by atoms with van der Waals surface area (Å²) in [5.41, 5.74) is 5.88. The lowest BCUT2D eigenvalue weighted by atomic mass is 9.80. The molecule has 0 aromatic carbocycles. The Kier molecular flexibility index (Phi) is 3.56. The molecule has 2 saturated heterocycles. The van der Waals surface area contributed by atoms with E-state index in [1.165, 1.54) is 19.3 Å². The molecule has 112 valence electrons. The molecule has 2 aliphatic heterocycles. The average molecular weight is 280 g/mol. The smallest absolute Gasteiger partial charge is 0.240 e. The van der Waals surface area contributed by atoms with Crippen molar-refractivity contribution in [1.82, 2.24) is 15.0 Å². The topological polar surface area (TPSA) is 77.4 Å². The molecule has 3 heterocycles. The number of hydrogen-bond acceptors (Lipinski definition) is 6. The molecule has 1 aromatic rings.